The van der Waals surface area contributed by atoms with Crippen LogP contribution < -0.4 is 9.64 Å². The summed E-state index contributed by atoms with van der Waals surface area (Å²) in [5.41, 5.74) is 9.10. The van der Waals surface area contributed by atoms with Gasteiger partial charge in [0.05, 0.1) is 22.4 Å². The maximum atomic E-state index is 6.58. The van der Waals surface area contributed by atoms with E-state index in [1.54, 1.807) is 0 Å². The minimum Gasteiger partial charge on any atom is -0.453 e. The van der Waals surface area contributed by atoms with Gasteiger partial charge in [-0.1, -0.05) is 109 Å². The topological polar surface area (TPSA) is 56.1 Å². The van der Waals surface area contributed by atoms with Crippen molar-refractivity contribution in [3.63, 3.8) is 0 Å². The average Bonchev–Trinajstić information content (AvgIpc) is 3.53. The molecule has 6 nitrogen and oxygen atoms in total. The smallest absolute Gasteiger partial charge is 0.164 e. The normalized spacial score (nSPS) is 12.0. The molecule has 0 atom stereocenters. The van der Waals surface area contributed by atoms with Crippen molar-refractivity contribution in [3.05, 3.63) is 176 Å². The van der Waals surface area contributed by atoms with Crippen LogP contribution in [0.3, 0.4) is 0 Å². The van der Waals surface area contributed by atoms with Crippen LogP contribution in [0, 0.1) is 0 Å². The molecular formula is C45H29N5O. The predicted octanol–water partition coefficient (Wildman–Crippen LogP) is 11.5. The molecule has 0 aliphatic carbocycles. The Hall–Kier alpha value is -7.05. The van der Waals surface area contributed by atoms with Crippen molar-refractivity contribution >= 4 is 38.9 Å². The summed E-state index contributed by atoms with van der Waals surface area (Å²) in [6.07, 6.45) is 0. The number of fused-ring (bicyclic) bond motifs is 5. The van der Waals surface area contributed by atoms with E-state index in [1.807, 2.05) is 78.9 Å². The first-order valence-corrected chi connectivity index (χ1v) is 17.0. The van der Waals surface area contributed by atoms with Crippen LogP contribution >= 0.6 is 0 Å². The van der Waals surface area contributed by atoms with Gasteiger partial charge in [-0.05, 0) is 66.7 Å². The summed E-state index contributed by atoms with van der Waals surface area (Å²) in [7, 11) is 0. The molecule has 1 aliphatic rings. The Labute approximate surface area is 294 Å². The van der Waals surface area contributed by atoms with Gasteiger partial charge in [-0.3, -0.25) is 0 Å². The molecule has 7 aromatic carbocycles. The second-order valence-electron chi connectivity index (χ2n) is 12.5. The summed E-state index contributed by atoms with van der Waals surface area (Å²) in [4.78, 5) is 17.0. The predicted molar refractivity (Wildman–Crippen MR) is 205 cm³/mol. The molecule has 51 heavy (non-hydrogen) atoms. The summed E-state index contributed by atoms with van der Waals surface area (Å²) in [5, 5.41) is 2.28. The lowest BCUT2D eigenvalue weighted by molar-refractivity contribution is 0.478. The SMILES string of the molecule is c1ccc(-c2nc(-c3ccccc3)nc(-c3ccc(-n4c5ccccc5c5cc6c(cc54)N(c4ccccc4)c4ccccc4O6)cc3)n2)cc1. The molecule has 0 N–H and O–H groups in total. The Balaban J connectivity index is 1.13. The molecule has 1 aliphatic heterocycles. The average molecular weight is 656 g/mol. The number of hydrogen-bond donors (Lipinski definition) is 0. The number of aromatic nitrogens is 4. The Bertz CT molecular complexity index is 2650. The van der Waals surface area contributed by atoms with E-state index >= 15 is 0 Å². The minimum absolute atomic E-state index is 0.625. The van der Waals surface area contributed by atoms with Crippen LogP contribution in [-0.4, -0.2) is 19.5 Å². The highest BCUT2D eigenvalue weighted by molar-refractivity contribution is 6.11. The first kappa shape index (κ1) is 28.9. The fraction of sp³-hybridized carbons (Fsp3) is 0. The van der Waals surface area contributed by atoms with E-state index in [0.29, 0.717) is 17.5 Å². The Morgan fingerprint density at radius 1 is 0.373 bits per heavy atom. The zero-order valence-electron chi connectivity index (χ0n) is 27.4. The number of rotatable bonds is 5. The molecule has 0 unspecified atom stereocenters. The second-order valence-corrected chi connectivity index (χ2v) is 12.5. The Morgan fingerprint density at radius 2 is 0.922 bits per heavy atom. The third-order valence-corrected chi connectivity index (χ3v) is 9.42. The Kier molecular flexibility index (Phi) is 6.70. The zero-order chi connectivity index (χ0) is 33.7. The molecule has 0 spiro atoms. The molecule has 0 radical (unpaired) electrons. The van der Waals surface area contributed by atoms with Crippen LogP contribution in [0.15, 0.2) is 176 Å². The monoisotopic (exact) mass is 655 g/mol. The summed E-state index contributed by atoms with van der Waals surface area (Å²) >= 11 is 0. The van der Waals surface area contributed by atoms with E-state index in [0.717, 1.165) is 72.7 Å². The van der Waals surface area contributed by atoms with E-state index in [-0.39, 0.29) is 0 Å². The van der Waals surface area contributed by atoms with Crippen LogP contribution in [0.4, 0.5) is 17.1 Å². The van der Waals surface area contributed by atoms with E-state index < -0.39 is 0 Å². The van der Waals surface area contributed by atoms with E-state index in [4.69, 9.17) is 19.7 Å². The Morgan fingerprint density at radius 3 is 1.59 bits per heavy atom. The van der Waals surface area contributed by atoms with Gasteiger partial charge in [0.15, 0.2) is 29.0 Å². The summed E-state index contributed by atoms with van der Waals surface area (Å²) < 4.78 is 8.91. The van der Waals surface area contributed by atoms with Gasteiger partial charge in [0, 0.05) is 38.8 Å². The molecule has 9 aromatic rings. The number of anilines is 3. The standard InChI is InChI=1S/C45H29N5O/c1-4-14-30(15-5-1)43-46-44(31-16-6-2-7-17-31)48-45(47-43)32-24-26-34(27-25-32)49-37-21-11-10-20-35(37)36-28-42-40(29-39(36)49)50(33-18-8-3-9-19-33)38-22-12-13-23-41(38)51-42/h1-29H. The summed E-state index contributed by atoms with van der Waals surface area (Å²) in [6, 6.07) is 60.3. The summed E-state index contributed by atoms with van der Waals surface area (Å²) in [5.74, 6) is 3.56. The van der Waals surface area contributed by atoms with Crippen molar-refractivity contribution in [1.82, 2.24) is 19.5 Å². The lowest BCUT2D eigenvalue weighted by atomic mass is 10.1. The molecule has 0 saturated heterocycles. The molecule has 2 aromatic heterocycles. The molecule has 0 bridgehead atoms. The van der Waals surface area contributed by atoms with Gasteiger partial charge >= 0.3 is 0 Å². The first-order valence-electron chi connectivity index (χ1n) is 17.0. The zero-order valence-corrected chi connectivity index (χ0v) is 27.4. The molecule has 0 fully saturated rings. The van der Waals surface area contributed by atoms with Crippen molar-refractivity contribution in [3.8, 4) is 51.3 Å². The van der Waals surface area contributed by atoms with Crippen molar-refractivity contribution < 1.29 is 4.74 Å². The molecule has 240 valence electrons. The van der Waals surface area contributed by atoms with Gasteiger partial charge in [0.2, 0.25) is 0 Å². The molecule has 10 rings (SSSR count). The van der Waals surface area contributed by atoms with Crippen molar-refractivity contribution in [2.45, 2.75) is 0 Å². The molecule has 6 heteroatoms. The van der Waals surface area contributed by atoms with E-state index in [2.05, 4.69) is 107 Å². The van der Waals surface area contributed by atoms with Gasteiger partial charge in [-0.15, -0.1) is 0 Å². The van der Waals surface area contributed by atoms with Gasteiger partial charge in [0.1, 0.15) is 0 Å². The van der Waals surface area contributed by atoms with Gasteiger partial charge in [-0.2, -0.15) is 0 Å². The molecule has 3 heterocycles. The van der Waals surface area contributed by atoms with Gasteiger partial charge in [0.25, 0.3) is 0 Å². The maximum Gasteiger partial charge on any atom is 0.164 e. The number of benzene rings is 7. The number of para-hydroxylation sites is 4. The lowest BCUT2D eigenvalue weighted by Gasteiger charge is -2.33. The van der Waals surface area contributed by atoms with E-state index in [9.17, 15) is 0 Å². The third-order valence-electron chi connectivity index (χ3n) is 9.42. The minimum atomic E-state index is 0.625. The fourth-order valence-electron chi connectivity index (χ4n) is 7.05. The van der Waals surface area contributed by atoms with Gasteiger partial charge in [-0.25, -0.2) is 15.0 Å². The number of hydrogen-bond acceptors (Lipinski definition) is 5. The lowest BCUT2D eigenvalue weighted by Crippen LogP contribution is -2.15. The highest BCUT2D eigenvalue weighted by Gasteiger charge is 2.28. The molecular weight excluding hydrogens is 627 g/mol. The maximum absolute atomic E-state index is 6.58. The van der Waals surface area contributed by atoms with Crippen LogP contribution in [0.25, 0.3) is 61.7 Å². The first-order chi connectivity index (χ1) is 25.3. The molecule has 0 amide bonds. The highest BCUT2D eigenvalue weighted by atomic mass is 16.5. The van der Waals surface area contributed by atoms with E-state index in [1.165, 1.54) is 0 Å². The van der Waals surface area contributed by atoms with Crippen LogP contribution in [0.2, 0.25) is 0 Å². The summed E-state index contributed by atoms with van der Waals surface area (Å²) in [6.45, 7) is 0. The molecule has 0 saturated carbocycles. The highest BCUT2D eigenvalue weighted by Crippen LogP contribution is 2.52. The van der Waals surface area contributed by atoms with Crippen LogP contribution in [0.5, 0.6) is 11.5 Å². The third kappa shape index (κ3) is 4.92. The van der Waals surface area contributed by atoms with Crippen molar-refractivity contribution in [1.29, 1.82) is 0 Å². The number of nitrogens with zero attached hydrogens (tertiary/aromatic N) is 5. The fourth-order valence-corrected chi connectivity index (χ4v) is 7.05. The van der Waals surface area contributed by atoms with Crippen LogP contribution in [-0.2, 0) is 0 Å². The number of ether oxygens (including phenoxy) is 1. The second kappa shape index (κ2) is 11.8. The van der Waals surface area contributed by atoms with Crippen LogP contribution in [0.1, 0.15) is 0 Å². The van der Waals surface area contributed by atoms with Crippen molar-refractivity contribution in [2.75, 3.05) is 4.90 Å². The van der Waals surface area contributed by atoms with Crippen molar-refractivity contribution in [2.24, 2.45) is 0 Å². The van der Waals surface area contributed by atoms with Gasteiger partial charge < -0.3 is 14.2 Å². The largest absolute Gasteiger partial charge is 0.453 e. The quantitative estimate of drug-likeness (QED) is 0.185.